The van der Waals surface area contributed by atoms with Crippen LogP contribution in [0, 0.1) is 5.92 Å². The van der Waals surface area contributed by atoms with Crippen LogP contribution < -0.4 is 5.11 Å². The zero-order valence-corrected chi connectivity index (χ0v) is 19.8. The van der Waals surface area contributed by atoms with Gasteiger partial charge in [-0.2, -0.15) is 0 Å². The molecule has 0 aromatic heterocycles. The van der Waals surface area contributed by atoms with Crippen LogP contribution in [0.25, 0.3) is 0 Å². The van der Waals surface area contributed by atoms with Crippen molar-refractivity contribution in [3.05, 3.63) is 0 Å². The van der Waals surface area contributed by atoms with Gasteiger partial charge in [0, 0.05) is 18.8 Å². The first-order chi connectivity index (χ1) is 13.6. The van der Waals surface area contributed by atoms with Crippen molar-refractivity contribution in [1.29, 1.82) is 0 Å². The van der Waals surface area contributed by atoms with Crippen molar-refractivity contribution in [2.75, 3.05) is 27.7 Å². The summed E-state index contributed by atoms with van der Waals surface area (Å²) >= 11 is 0. The van der Waals surface area contributed by atoms with Gasteiger partial charge in [-0.3, -0.25) is 4.79 Å². The molecule has 0 heterocycles. The summed E-state index contributed by atoms with van der Waals surface area (Å²) in [5, 5.41) is 10.9. The van der Waals surface area contributed by atoms with Gasteiger partial charge in [-0.25, -0.2) is 0 Å². The van der Waals surface area contributed by atoms with E-state index < -0.39 is 12.1 Å². The predicted molar refractivity (Wildman–Crippen MR) is 117 cm³/mol. The minimum atomic E-state index is -1.18. The quantitative estimate of drug-likeness (QED) is 0.178. The SMILES string of the molecule is CCCCCCCCCCCCCC(C)CC(=O)OC(CC(=O)[O-])C[N+](C)(C)C. The Bertz CT molecular complexity index is 431. The highest BCUT2D eigenvalue weighted by atomic mass is 16.5. The molecular weight excluding hydrogens is 366 g/mol. The number of hydrogen-bond acceptors (Lipinski definition) is 4. The second kappa shape index (κ2) is 16.7. The van der Waals surface area contributed by atoms with Crippen molar-refractivity contribution in [3.63, 3.8) is 0 Å². The Morgan fingerprint density at radius 2 is 1.31 bits per heavy atom. The number of esters is 1. The summed E-state index contributed by atoms with van der Waals surface area (Å²) in [6.07, 6.45) is 15.0. The molecule has 5 heteroatoms. The van der Waals surface area contributed by atoms with Gasteiger partial charge in [0.1, 0.15) is 6.54 Å². The number of rotatable bonds is 19. The highest BCUT2D eigenvalue weighted by molar-refractivity contribution is 5.71. The number of carbonyl (C=O) groups is 2. The zero-order chi connectivity index (χ0) is 22.1. The van der Waals surface area contributed by atoms with Gasteiger partial charge in [-0.15, -0.1) is 0 Å². The Balaban J connectivity index is 3.82. The number of ether oxygens (including phenoxy) is 1. The van der Waals surface area contributed by atoms with Crippen LogP contribution in [-0.4, -0.2) is 50.2 Å². The topological polar surface area (TPSA) is 66.4 Å². The molecule has 0 rings (SSSR count). The van der Waals surface area contributed by atoms with E-state index in [1.807, 2.05) is 21.1 Å². The fourth-order valence-electron chi connectivity index (χ4n) is 3.72. The van der Waals surface area contributed by atoms with E-state index in [0.717, 1.165) is 12.8 Å². The van der Waals surface area contributed by atoms with Crippen LogP contribution >= 0.6 is 0 Å². The molecule has 0 N–H and O–H groups in total. The van der Waals surface area contributed by atoms with Crippen LogP contribution in [0.1, 0.15) is 104 Å². The third kappa shape index (κ3) is 20.0. The van der Waals surface area contributed by atoms with E-state index in [9.17, 15) is 14.7 Å². The van der Waals surface area contributed by atoms with E-state index in [2.05, 4.69) is 13.8 Å². The maximum absolute atomic E-state index is 12.2. The standard InChI is InChI=1S/C24H47NO4/c1-6-7-8-9-10-11-12-13-14-15-16-17-21(2)18-24(28)29-22(19-23(26)27)20-25(3,4)5/h21-22H,6-20H2,1-5H3. The fraction of sp³-hybridized carbons (Fsp3) is 0.917. The number of quaternary nitrogens is 1. The number of nitrogens with zero attached hydrogens (tertiary/aromatic N) is 1. The summed E-state index contributed by atoms with van der Waals surface area (Å²) in [6.45, 7) is 4.79. The second-order valence-electron chi connectivity index (χ2n) is 9.79. The van der Waals surface area contributed by atoms with Crippen molar-refractivity contribution in [2.45, 2.75) is 110 Å². The summed E-state index contributed by atoms with van der Waals surface area (Å²) in [7, 11) is 5.85. The number of carbonyl (C=O) groups excluding carboxylic acids is 2. The van der Waals surface area contributed by atoms with E-state index in [1.165, 1.54) is 64.2 Å². The number of unbranched alkanes of at least 4 members (excludes halogenated alkanes) is 10. The summed E-state index contributed by atoms with van der Waals surface area (Å²) in [6, 6.07) is 0. The molecule has 0 aliphatic rings. The van der Waals surface area contributed by atoms with Gasteiger partial charge < -0.3 is 19.1 Å². The largest absolute Gasteiger partial charge is 0.550 e. The Labute approximate surface area is 179 Å². The molecule has 0 aliphatic heterocycles. The van der Waals surface area contributed by atoms with Crippen LogP contribution in [0.3, 0.4) is 0 Å². The van der Waals surface area contributed by atoms with Crippen molar-refractivity contribution >= 4 is 11.9 Å². The molecule has 0 saturated carbocycles. The number of aliphatic carboxylic acids is 1. The first-order valence-corrected chi connectivity index (χ1v) is 11.8. The van der Waals surface area contributed by atoms with E-state index in [0.29, 0.717) is 17.4 Å². The highest BCUT2D eigenvalue weighted by Crippen LogP contribution is 2.17. The third-order valence-corrected chi connectivity index (χ3v) is 5.26. The molecule has 29 heavy (non-hydrogen) atoms. The minimum absolute atomic E-state index is 0.242. The number of hydrogen-bond donors (Lipinski definition) is 0. The molecule has 172 valence electrons. The van der Waals surface area contributed by atoms with E-state index in [4.69, 9.17) is 4.74 Å². The lowest BCUT2D eigenvalue weighted by atomic mass is 9.98. The molecule has 2 unspecified atom stereocenters. The highest BCUT2D eigenvalue weighted by Gasteiger charge is 2.23. The molecule has 2 atom stereocenters. The maximum Gasteiger partial charge on any atom is 0.306 e. The molecule has 0 fully saturated rings. The molecular formula is C24H47NO4. The average Bonchev–Trinajstić information content (AvgIpc) is 2.57. The summed E-state index contributed by atoms with van der Waals surface area (Å²) < 4.78 is 5.98. The number of likely N-dealkylation sites (N-methyl/N-ethyl adjacent to an activating group) is 1. The Morgan fingerprint density at radius 1 is 0.828 bits per heavy atom. The van der Waals surface area contributed by atoms with Gasteiger partial charge in [0.2, 0.25) is 0 Å². The number of carboxylic acid groups (broad SMARTS) is 1. The molecule has 0 spiro atoms. The normalized spacial score (nSPS) is 13.8. The molecule has 0 saturated heterocycles. The Hall–Kier alpha value is -1.10. The van der Waals surface area contributed by atoms with E-state index in [1.54, 1.807) is 0 Å². The maximum atomic E-state index is 12.2. The molecule has 0 amide bonds. The van der Waals surface area contributed by atoms with Gasteiger partial charge in [0.25, 0.3) is 0 Å². The third-order valence-electron chi connectivity index (χ3n) is 5.26. The zero-order valence-electron chi connectivity index (χ0n) is 19.8. The second-order valence-corrected chi connectivity index (χ2v) is 9.79. The molecule has 0 aliphatic carbocycles. The first kappa shape index (κ1) is 27.9. The van der Waals surface area contributed by atoms with Crippen LogP contribution in [0.15, 0.2) is 0 Å². The number of carboxylic acids is 1. The van der Waals surface area contributed by atoms with Crippen LogP contribution in [0.5, 0.6) is 0 Å². The van der Waals surface area contributed by atoms with Crippen molar-refractivity contribution in [1.82, 2.24) is 0 Å². The molecule has 0 radical (unpaired) electrons. The van der Waals surface area contributed by atoms with Gasteiger partial charge in [0.05, 0.1) is 21.1 Å². The van der Waals surface area contributed by atoms with Crippen LogP contribution in [-0.2, 0) is 14.3 Å². The van der Waals surface area contributed by atoms with Gasteiger partial charge in [-0.1, -0.05) is 90.9 Å². The smallest absolute Gasteiger partial charge is 0.306 e. The van der Waals surface area contributed by atoms with Crippen LogP contribution in [0.4, 0.5) is 0 Å². The minimum Gasteiger partial charge on any atom is -0.550 e. The monoisotopic (exact) mass is 413 g/mol. The van der Waals surface area contributed by atoms with Crippen molar-refractivity contribution in [3.8, 4) is 0 Å². The summed E-state index contributed by atoms with van der Waals surface area (Å²) in [4.78, 5) is 23.1. The lowest BCUT2D eigenvalue weighted by molar-refractivity contribution is -0.873. The molecule has 5 nitrogen and oxygen atoms in total. The Kier molecular flexibility index (Phi) is 16.0. The summed E-state index contributed by atoms with van der Waals surface area (Å²) in [5.41, 5.74) is 0. The van der Waals surface area contributed by atoms with Crippen molar-refractivity contribution in [2.24, 2.45) is 5.92 Å². The van der Waals surface area contributed by atoms with E-state index >= 15 is 0 Å². The molecule has 0 aromatic carbocycles. The van der Waals surface area contributed by atoms with E-state index in [-0.39, 0.29) is 18.3 Å². The van der Waals surface area contributed by atoms with Crippen molar-refractivity contribution < 1.29 is 23.9 Å². The Morgan fingerprint density at radius 3 is 1.76 bits per heavy atom. The van der Waals surface area contributed by atoms with Gasteiger partial charge >= 0.3 is 5.97 Å². The summed E-state index contributed by atoms with van der Waals surface area (Å²) in [5.74, 6) is -1.20. The lowest BCUT2D eigenvalue weighted by Crippen LogP contribution is -2.45. The fourth-order valence-corrected chi connectivity index (χ4v) is 3.72. The predicted octanol–water partition coefficient (Wildman–Crippen LogP) is 4.47. The molecule has 0 aromatic rings. The molecule has 0 bridgehead atoms. The average molecular weight is 414 g/mol. The van der Waals surface area contributed by atoms with Gasteiger partial charge in [0.15, 0.2) is 6.10 Å². The van der Waals surface area contributed by atoms with Crippen LogP contribution in [0.2, 0.25) is 0 Å². The lowest BCUT2D eigenvalue weighted by Gasteiger charge is -2.29. The first-order valence-electron chi connectivity index (χ1n) is 11.8. The van der Waals surface area contributed by atoms with Gasteiger partial charge in [-0.05, 0) is 5.92 Å².